The maximum Gasteiger partial charge on any atom is 0.246 e. The Morgan fingerprint density at radius 2 is 0.848 bits per heavy atom. The van der Waals surface area contributed by atoms with E-state index in [4.69, 9.17) is 0 Å². The summed E-state index contributed by atoms with van der Waals surface area (Å²) in [6, 6.07) is -13.8. The molecule has 0 aromatic carbocycles. The Kier molecular flexibility index (Phi) is 35.2. The molecule has 0 saturated carbocycles. The lowest BCUT2D eigenvalue weighted by Gasteiger charge is -2.41. The van der Waals surface area contributed by atoms with Gasteiger partial charge in [0.05, 0.1) is 6.10 Å². The van der Waals surface area contributed by atoms with E-state index in [9.17, 15) is 43.5 Å². The van der Waals surface area contributed by atoms with E-state index >= 15 is 19.2 Å². The van der Waals surface area contributed by atoms with Crippen LogP contribution < -0.4 is 26.6 Å². The van der Waals surface area contributed by atoms with Crippen LogP contribution in [0.25, 0.3) is 0 Å². The molecule has 0 aliphatic carbocycles. The molecule has 0 radical (unpaired) electrons. The highest BCUT2D eigenvalue weighted by atomic mass is 16.3. The lowest BCUT2D eigenvalue weighted by atomic mass is 9.90. The first-order valence-electron chi connectivity index (χ1n) is 33.5. The number of unbranched alkanes of at least 4 members (excludes halogenated alkanes) is 3. The van der Waals surface area contributed by atoms with E-state index in [2.05, 4.69) is 26.6 Å². The van der Waals surface area contributed by atoms with Crippen molar-refractivity contribution in [1.82, 2.24) is 60.9 Å². The third-order valence-corrected chi connectivity index (χ3v) is 17.8. The molecule has 6 N–H and O–H groups in total. The number of carbonyl (C=O) groups excluding carboxylic acids is 12. The van der Waals surface area contributed by atoms with Crippen molar-refractivity contribution in [2.75, 3.05) is 55.9 Å². The van der Waals surface area contributed by atoms with E-state index in [0.29, 0.717) is 19.4 Å². The van der Waals surface area contributed by atoms with Crippen LogP contribution >= 0.6 is 0 Å². The van der Waals surface area contributed by atoms with Crippen molar-refractivity contribution in [2.24, 2.45) is 41.4 Å². The molecule has 0 aromatic heterocycles. The maximum atomic E-state index is 15.4. The molecule has 1 fully saturated rings. The Labute approximate surface area is 551 Å². The molecule has 12 amide bonds. The van der Waals surface area contributed by atoms with Gasteiger partial charge in [-0.25, -0.2) is 0 Å². The number of hydrogen-bond donors (Lipinski definition) is 6. The minimum absolute atomic E-state index is 0.00167. The molecule has 0 spiro atoms. The number of hydrogen-bond acceptors (Lipinski definition) is 13. The number of nitrogens with one attached hydrogen (secondary N) is 5. The number of aliphatic hydroxyl groups is 1. The van der Waals surface area contributed by atoms with E-state index in [1.165, 1.54) is 102 Å². The predicted octanol–water partition coefficient (Wildman–Crippen LogP) is 3.78. The summed E-state index contributed by atoms with van der Waals surface area (Å²) in [5.74, 6) is -10.0. The summed E-state index contributed by atoms with van der Waals surface area (Å²) in [4.78, 5) is 182. The standard InChI is InChI=1S/C67H122N12O13/c1-26-48-63(88)73(19)46(17)62(87)74(20)50(34-38(4)5)59(84)72-53(41(10)11)66(91)75(21)49(33-37(2)3)58(83)69-44(15)57(82)70-45(16)61(86)76(22)51(35-39(6)7)64(89)77(23)52(36-40(8)9)65(90)78(24)54(42(12)13)67(92)79(25)55(60(85)71-48)56(81)43(14)31-29-27-28-30-32-68-47(18)80/h37-46,48-56,81H,26-36H2,1-25H3,(H,68,80)(H,69,83)(H,70,82)(H,71,85)(H,72,84)/t43-,44+,45-,46-,48+,49+,50+,51+,52+,53+,54+,55+,56-/m1/s1. The van der Waals surface area contributed by atoms with Crippen molar-refractivity contribution in [3.05, 3.63) is 0 Å². The third-order valence-electron chi connectivity index (χ3n) is 17.8. The van der Waals surface area contributed by atoms with E-state index in [1.807, 2.05) is 55.4 Å². The summed E-state index contributed by atoms with van der Waals surface area (Å²) < 4.78 is 0. The highest BCUT2D eigenvalue weighted by molar-refractivity contribution is 6.00. The highest BCUT2D eigenvalue weighted by Crippen LogP contribution is 2.26. The van der Waals surface area contributed by atoms with Crippen LogP contribution in [0.4, 0.5) is 0 Å². The quantitative estimate of drug-likeness (QED) is 0.0948. The Morgan fingerprint density at radius 1 is 0.435 bits per heavy atom. The lowest BCUT2D eigenvalue weighted by Crippen LogP contribution is -2.64. The second kappa shape index (κ2) is 38.7. The van der Waals surface area contributed by atoms with Gasteiger partial charge in [-0.05, 0) is 107 Å². The van der Waals surface area contributed by atoms with Gasteiger partial charge >= 0.3 is 0 Å². The van der Waals surface area contributed by atoms with Gasteiger partial charge in [-0.1, -0.05) is 116 Å². The molecular weight excluding hydrogens is 1180 g/mol. The van der Waals surface area contributed by atoms with Gasteiger partial charge in [0.15, 0.2) is 0 Å². The second-order valence-electron chi connectivity index (χ2n) is 28.3. The van der Waals surface area contributed by atoms with Crippen molar-refractivity contribution in [3.8, 4) is 0 Å². The van der Waals surface area contributed by atoms with Crippen LogP contribution in [0, 0.1) is 41.4 Å². The van der Waals surface area contributed by atoms with Gasteiger partial charge in [-0.15, -0.1) is 0 Å². The van der Waals surface area contributed by atoms with Crippen molar-refractivity contribution >= 4 is 70.9 Å². The summed E-state index contributed by atoms with van der Waals surface area (Å²) in [6.07, 6.45) is 2.36. The van der Waals surface area contributed by atoms with Crippen LogP contribution in [0.2, 0.25) is 0 Å². The van der Waals surface area contributed by atoms with Gasteiger partial charge in [0.2, 0.25) is 70.9 Å². The van der Waals surface area contributed by atoms with E-state index in [-0.39, 0.29) is 61.7 Å². The molecule has 1 heterocycles. The number of nitrogens with zero attached hydrogens (tertiary/aromatic N) is 7. The predicted molar refractivity (Wildman–Crippen MR) is 355 cm³/mol. The molecule has 0 aromatic rings. The first kappa shape index (κ1) is 83.6. The van der Waals surface area contributed by atoms with Crippen LogP contribution in [-0.4, -0.2) is 239 Å². The molecule has 1 aliphatic heterocycles. The van der Waals surface area contributed by atoms with E-state index in [1.54, 1.807) is 41.5 Å². The average molecular weight is 1300 g/mol. The van der Waals surface area contributed by atoms with Crippen LogP contribution in [0.15, 0.2) is 0 Å². The molecule has 1 aliphatic rings. The molecule has 25 heteroatoms. The van der Waals surface area contributed by atoms with Gasteiger partial charge < -0.3 is 66.0 Å². The summed E-state index contributed by atoms with van der Waals surface area (Å²) in [7, 11) is 9.95. The Hall–Kier alpha value is -6.40. The van der Waals surface area contributed by atoms with Crippen LogP contribution in [-0.2, 0) is 57.5 Å². The van der Waals surface area contributed by atoms with E-state index < -0.39 is 155 Å². The second-order valence-corrected chi connectivity index (χ2v) is 28.3. The zero-order valence-electron chi connectivity index (χ0n) is 60.7. The fraction of sp³-hybridized carbons (Fsp3) is 0.821. The minimum atomic E-state index is -1.64. The summed E-state index contributed by atoms with van der Waals surface area (Å²) >= 11 is 0. The lowest BCUT2D eigenvalue weighted by molar-refractivity contribution is -0.157. The van der Waals surface area contributed by atoms with Crippen molar-refractivity contribution in [2.45, 2.75) is 261 Å². The fourth-order valence-electron chi connectivity index (χ4n) is 11.8. The smallest absolute Gasteiger partial charge is 0.246 e. The van der Waals surface area contributed by atoms with Gasteiger partial charge in [0.25, 0.3) is 0 Å². The molecule has 13 atom stereocenters. The maximum absolute atomic E-state index is 15.4. The van der Waals surface area contributed by atoms with Crippen LogP contribution in [0.5, 0.6) is 0 Å². The Bertz CT molecular complexity index is 2490. The van der Waals surface area contributed by atoms with Crippen LogP contribution in [0.1, 0.15) is 189 Å². The summed E-state index contributed by atoms with van der Waals surface area (Å²) in [6.45, 7) is 31.5. The topological polar surface area (TPSA) is 308 Å². The van der Waals surface area contributed by atoms with E-state index in [0.717, 1.165) is 29.1 Å². The largest absolute Gasteiger partial charge is 0.390 e. The average Bonchev–Trinajstić information content (AvgIpc) is 0.815. The number of aliphatic hydroxyl groups excluding tert-OH is 1. The molecular formula is C67H122N12O13. The zero-order chi connectivity index (χ0) is 71.3. The molecule has 528 valence electrons. The fourth-order valence-corrected chi connectivity index (χ4v) is 11.8. The minimum Gasteiger partial charge on any atom is -0.390 e. The number of carbonyl (C=O) groups is 12. The molecule has 1 rings (SSSR count). The monoisotopic (exact) mass is 1300 g/mol. The number of amides is 12. The van der Waals surface area contributed by atoms with Crippen molar-refractivity contribution in [3.63, 3.8) is 0 Å². The number of rotatable bonds is 20. The molecule has 92 heavy (non-hydrogen) atoms. The SMILES string of the molecule is CC[C@@H]1NC(=O)[C@H]([C@H](O)[C@H](C)CCCCCCNC(C)=O)N(C)C(=O)[C@H](C(C)C)N(C)C(=O)[C@H](CC(C)C)N(C)C(=O)[C@H](CC(C)C)N(C)C(=O)[C@@H](C)NC(=O)[C@H](C)NC(=O)[C@H](CC(C)C)N(C)C(=O)[C@H](C(C)C)NC(=O)[C@H](CC(C)C)N(C)C(=O)[C@@H](C)N(C)C1=O. The van der Waals surface area contributed by atoms with Crippen molar-refractivity contribution in [1.29, 1.82) is 0 Å². The summed E-state index contributed by atoms with van der Waals surface area (Å²) in [5, 5.41) is 26.2. The molecule has 0 bridgehead atoms. The van der Waals surface area contributed by atoms with Crippen LogP contribution in [0.3, 0.4) is 0 Å². The van der Waals surface area contributed by atoms with Gasteiger partial charge in [-0.3, -0.25) is 57.5 Å². The first-order valence-corrected chi connectivity index (χ1v) is 33.5. The Morgan fingerprint density at radius 3 is 1.30 bits per heavy atom. The normalized spacial score (nSPS) is 26.4. The zero-order valence-corrected chi connectivity index (χ0v) is 60.7. The Balaban J connectivity index is 4.36. The van der Waals surface area contributed by atoms with Gasteiger partial charge in [0.1, 0.15) is 66.5 Å². The van der Waals surface area contributed by atoms with Gasteiger partial charge in [-0.2, -0.15) is 0 Å². The molecule has 1 saturated heterocycles. The first-order chi connectivity index (χ1) is 42.5. The third kappa shape index (κ3) is 24.2. The molecule has 25 nitrogen and oxygen atoms in total. The summed E-state index contributed by atoms with van der Waals surface area (Å²) in [5.41, 5.74) is 0. The number of likely N-dealkylation sites (N-methyl/N-ethyl adjacent to an activating group) is 7. The molecule has 0 unspecified atom stereocenters. The highest BCUT2D eigenvalue weighted by Gasteiger charge is 2.46. The van der Waals surface area contributed by atoms with Gasteiger partial charge in [0, 0.05) is 62.8 Å². The van der Waals surface area contributed by atoms with Crippen molar-refractivity contribution < 1.29 is 62.6 Å².